The zero-order valence-corrected chi connectivity index (χ0v) is 11.3. The normalized spacial score (nSPS) is 11.1. The van der Waals surface area contributed by atoms with Crippen molar-refractivity contribution >= 4 is 27.8 Å². The molecule has 0 N–H and O–H groups in total. The summed E-state index contributed by atoms with van der Waals surface area (Å²) in [4.78, 5) is 25.4. The minimum atomic E-state index is -0.126. The van der Waals surface area contributed by atoms with Crippen LogP contribution in [0.25, 0.3) is 10.2 Å². The van der Waals surface area contributed by atoms with Crippen LogP contribution in [-0.2, 0) is 6.54 Å². The molecule has 0 aromatic carbocycles. The van der Waals surface area contributed by atoms with Crippen LogP contribution in [0.4, 0.5) is 0 Å². The number of carbonyl (C=O) groups excluding carboxylic acids is 1. The predicted molar refractivity (Wildman–Crippen MR) is 71.4 cm³/mol. The molecule has 0 saturated heterocycles. The van der Waals surface area contributed by atoms with Gasteiger partial charge in [-0.3, -0.25) is 9.59 Å². The molecular formula is C13H15NO2S. The second-order valence-corrected chi connectivity index (χ2v) is 5.36. The lowest BCUT2D eigenvalue weighted by molar-refractivity contribution is 0.112. The van der Waals surface area contributed by atoms with Gasteiger partial charge in [-0.25, -0.2) is 0 Å². The van der Waals surface area contributed by atoms with Gasteiger partial charge in [0.25, 0.3) is 0 Å². The maximum atomic E-state index is 12.2. The number of aryl methyl sites for hydroxylation is 3. The van der Waals surface area contributed by atoms with E-state index in [1.807, 2.05) is 32.3 Å². The summed E-state index contributed by atoms with van der Waals surface area (Å²) in [6.07, 6.45) is 0.676. The third-order valence-corrected chi connectivity index (χ3v) is 4.54. The molecule has 2 aromatic rings. The van der Waals surface area contributed by atoms with Crippen molar-refractivity contribution in [2.75, 3.05) is 0 Å². The topological polar surface area (TPSA) is 39.1 Å². The van der Waals surface area contributed by atoms with Gasteiger partial charge in [-0.15, -0.1) is 11.3 Å². The predicted octanol–water partition coefficient (Wildman–Crippen LogP) is 2.82. The Balaban J connectivity index is 3.12. The SMILES string of the molecule is CCn1c(C)c(C=O)c(=O)c2c(C)c(C)sc21. The summed E-state index contributed by atoms with van der Waals surface area (Å²) in [7, 11) is 0. The van der Waals surface area contributed by atoms with Crippen molar-refractivity contribution in [3.63, 3.8) is 0 Å². The number of hydrogen-bond donors (Lipinski definition) is 0. The number of pyridine rings is 1. The lowest BCUT2D eigenvalue weighted by Gasteiger charge is -2.11. The largest absolute Gasteiger partial charge is 0.336 e. The number of carbonyl (C=O) groups is 1. The molecule has 0 aliphatic rings. The van der Waals surface area contributed by atoms with Crippen molar-refractivity contribution in [1.29, 1.82) is 0 Å². The monoisotopic (exact) mass is 249 g/mol. The fourth-order valence-electron chi connectivity index (χ4n) is 2.18. The molecule has 2 aromatic heterocycles. The number of aromatic nitrogens is 1. The van der Waals surface area contributed by atoms with Crippen LogP contribution in [0, 0.1) is 20.8 Å². The smallest absolute Gasteiger partial charge is 0.201 e. The first kappa shape index (κ1) is 12.0. The highest BCUT2D eigenvalue weighted by Crippen LogP contribution is 2.29. The Morgan fingerprint density at radius 3 is 2.47 bits per heavy atom. The minimum Gasteiger partial charge on any atom is -0.336 e. The van der Waals surface area contributed by atoms with Crippen LogP contribution >= 0.6 is 11.3 Å². The van der Waals surface area contributed by atoms with Gasteiger partial charge in [0.05, 0.1) is 10.9 Å². The summed E-state index contributed by atoms with van der Waals surface area (Å²) < 4.78 is 2.05. The first-order valence-electron chi connectivity index (χ1n) is 5.61. The van der Waals surface area contributed by atoms with Crippen molar-refractivity contribution < 1.29 is 4.79 Å². The van der Waals surface area contributed by atoms with Gasteiger partial charge < -0.3 is 4.57 Å². The maximum absolute atomic E-state index is 12.2. The summed E-state index contributed by atoms with van der Waals surface area (Å²) >= 11 is 1.62. The van der Waals surface area contributed by atoms with Crippen LogP contribution in [-0.4, -0.2) is 10.9 Å². The van der Waals surface area contributed by atoms with Gasteiger partial charge >= 0.3 is 0 Å². The van der Waals surface area contributed by atoms with Gasteiger partial charge in [-0.2, -0.15) is 0 Å². The molecule has 0 radical (unpaired) electrons. The maximum Gasteiger partial charge on any atom is 0.201 e. The third kappa shape index (κ3) is 1.55. The van der Waals surface area contributed by atoms with E-state index in [1.165, 1.54) is 0 Å². The van der Waals surface area contributed by atoms with E-state index >= 15 is 0 Å². The van der Waals surface area contributed by atoms with Crippen LogP contribution in [0.5, 0.6) is 0 Å². The molecule has 17 heavy (non-hydrogen) atoms. The first-order chi connectivity index (χ1) is 8.02. The molecule has 0 unspecified atom stereocenters. The van der Waals surface area contributed by atoms with E-state index in [-0.39, 0.29) is 5.43 Å². The molecule has 2 rings (SSSR count). The van der Waals surface area contributed by atoms with Crippen molar-refractivity contribution in [3.05, 3.63) is 31.9 Å². The number of nitrogens with zero attached hydrogens (tertiary/aromatic N) is 1. The molecule has 3 nitrogen and oxygen atoms in total. The highest BCUT2D eigenvalue weighted by Gasteiger charge is 2.17. The Morgan fingerprint density at radius 1 is 1.29 bits per heavy atom. The van der Waals surface area contributed by atoms with Gasteiger partial charge in [-0.05, 0) is 33.3 Å². The first-order valence-corrected chi connectivity index (χ1v) is 6.42. The highest BCUT2D eigenvalue weighted by atomic mass is 32.1. The molecule has 0 bridgehead atoms. The van der Waals surface area contributed by atoms with Gasteiger partial charge in [-0.1, -0.05) is 0 Å². The summed E-state index contributed by atoms with van der Waals surface area (Å²) in [5.74, 6) is 0. The van der Waals surface area contributed by atoms with E-state index in [4.69, 9.17) is 0 Å². The summed E-state index contributed by atoms with van der Waals surface area (Å²) in [6.45, 7) is 8.58. The van der Waals surface area contributed by atoms with E-state index in [2.05, 4.69) is 0 Å². The average Bonchev–Trinajstić information content (AvgIpc) is 2.57. The molecular weight excluding hydrogens is 234 g/mol. The fraction of sp³-hybridized carbons (Fsp3) is 0.385. The van der Waals surface area contributed by atoms with Crippen molar-refractivity contribution in [1.82, 2.24) is 4.57 Å². The van der Waals surface area contributed by atoms with E-state index < -0.39 is 0 Å². The molecule has 0 fully saturated rings. The quantitative estimate of drug-likeness (QED) is 0.768. The Bertz CT molecular complexity index is 664. The summed E-state index contributed by atoms with van der Waals surface area (Å²) in [5.41, 5.74) is 1.93. The number of fused-ring (bicyclic) bond motifs is 1. The zero-order valence-electron chi connectivity index (χ0n) is 10.5. The average molecular weight is 249 g/mol. The van der Waals surface area contributed by atoms with E-state index in [9.17, 15) is 9.59 Å². The Labute approximate surface area is 104 Å². The second-order valence-electron chi connectivity index (χ2n) is 4.15. The van der Waals surface area contributed by atoms with Crippen LogP contribution in [0.1, 0.15) is 33.4 Å². The molecule has 0 atom stereocenters. The second kappa shape index (κ2) is 4.11. The van der Waals surface area contributed by atoms with Crippen LogP contribution in [0.3, 0.4) is 0 Å². The van der Waals surface area contributed by atoms with E-state index in [1.54, 1.807) is 11.3 Å². The zero-order chi connectivity index (χ0) is 12.7. The Kier molecular flexibility index (Phi) is 2.91. The van der Waals surface area contributed by atoms with Gasteiger partial charge in [0.2, 0.25) is 5.43 Å². The molecule has 2 heterocycles. The minimum absolute atomic E-state index is 0.126. The number of hydrogen-bond acceptors (Lipinski definition) is 3. The molecule has 90 valence electrons. The van der Waals surface area contributed by atoms with E-state index in [0.29, 0.717) is 17.2 Å². The molecule has 0 saturated carbocycles. The third-order valence-electron chi connectivity index (χ3n) is 3.31. The Hall–Kier alpha value is -1.42. The number of thiophene rings is 1. The van der Waals surface area contributed by atoms with Gasteiger partial charge in [0, 0.05) is 17.1 Å². The summed E-state index contributed by atoms with van der Waals surface area (Å²) in [5, 5.41) is 0.710. The van der Waals surface area contributed by atoms with Crippen LogP contribution in [0.15, 0.2) is 4.79 Å². The fourth-order valence-corrected chi connectivity index (χ4v) is 3.45. The molecule has 4 heteroatoms. The number of rotatable bonds is 2. The molecule has 0 aliphatic carbocycles. The Morgan fingerprint density at radius 2 is 1.94 bits per heavy atom. The van der Waals surface area contributed by atoms with Gasteiger partial charge in [0.15, 0.2) is 6.29 Å². The molecule has 0 spiro atoms. The van der Waals surface area contributed by atoms with Gasteiger partial charge in [0.1, 0.15) is 4.83 Å². The van der Waals surface area contributed by atoms with E-state index in [0.717, 1.165) is 27.5 Å². The van der Waals surface area contributed by atoms with Crippen LogP contribution < -0.4 is 5.43 Å². The van der Waals surface area contributed by atoms with Crippen molar-refractivity contribution in [2.45, 2.75) is 34.2 Å². The molecule has 0 aliphatic heterocycles. The molecule has 0 amide bonds. The lowest BCUT2D eigenvalue weighted by atomic mass is 10.1. The van der Waals surface area contributed by atoms with Crippen molar-refractivity contribution in [3.8, 4) is 0 Å². The van der Waals surface area contributed by atoms with Crippen LogP contribution in [0.2, 0.25) is 0 Å². The standard InChI is InChI=1S/C13H15NO2S/c1-5-14-8(3)10(6-15)12(16)11-7(2)9(4)17-13(11)14/h6H,5H2,1-4H3. The van der Waals surface area contributed by atoms with Crippen molar-refractivity contribution in [2.24, 2.45) is 0 Å². The highest BCUT2D eigenvalue weighted by molar-refractivity contribution is 7.18. The summed E-state index contributed by atoms with van der Waals surface area (Å²) in [6, 6.07) is 0. The lowest BCUT2D eigenvalue weighted by Crippen LogP contribution is -2.17. The number of aldehydes is 1.